The average molecular weight is 474 g/mol. The summed E-state index contributed by atoms with van der Waals surface area (Å²) in [5.41, 5.74) is 3.52. The third kappa shape index (κ3) is 4.33. The van der Waals surface area contributed by atoms with E-state index >= 15 is 0 Å². The Morgan fingerprint density at radius 3 is 2.58 bits per heavy atom. The van der Waals surface area contributed by atoms with E-state index in [0.717, 1.165) is 60.8 Å². The second-order valence-electron chi connectivity index (χ2n) is 8.00. The molecule has 2 aliphatic rings. The van der Waals surface area contributed by atoms with Crippen LogP contribution in [0.25, 0.3) is 16.1 Å². The van der Waals surface area contributed by atoms with Gasteiger partial charge in [-0.2, -0.15) is 11.3 Å². The lowest BCUT2D eigenvalue weighted by Crippen LogP contribution is -2.36. The van der Waals surface area contributed by atoms with E-state index in [1.165, 1.54) is 11.3 Å². The molecule has 8 heteroatoms. The average Bonchev–Trinajstić information content (AvgIpc) is 3.36. The Hall–Kier alpha value is -2.04. The molecule has 1 aliphatic carbocycles. The maximum atomic E-state index is 7.15. The lowest BCUT2D eigenvalue weighted by molar-refractivity contribution is 0.0246. The number of thiophene rings is 1. The lowest BCUT2D eigenvalue weighted by atomic mass is 10.0. The van der Waals surface area contributed by atoms with Crippen LogP contribution >= 0.6 is 34.5 Å². The van der Waals surface area contributed by atoms with E-state index in [0.29, 0.717) is 33.8 Å². The number of hydrogen-bond donors (Lipinski definition) is 0. The van der Waals surface area contributed by atoms with E-state index < -0.39 is 0 Å². The second-order valence-corrected chi connectivity index (χ2v) is 9.70. The van der Waals surface area contributed by atoms with Gasteiger partial charge in [-0.05, 0) is 43.9 Å². The summed E-state index contributed by atoms with van der Waals surface area (Å²) in [5, 5.41) is 8.26. The summed E-state index contributed by atoms with van der Waals surface area (Å²) in [6.07, 6.45) is 4.28. The summed E-state index contributed by atoms with van der Waals surface area (Å²) in [6, 6.07) is 7.43. The Balaban J connectivity index is 1.29. The van der Waals surface area contributed by atoms with Gasteiger partial charge in [0.15, 0.2) is 0 Å². The standard InChI is InChI=1S/C23H21Cl2N3O2S/c1-26-20-11-15(13-31-20)28-9-7-16(8-10-28)29-12-17-22(27-30-23(17)14-5-6-14)21-18(24)3-2-4-19(21)25/h2-4,11,13-14,16H,5-10,12H2. The highest BCUT2D eigenvalue weighted by molar-refractivity contribution is 7.14. The predicted octanol–water partition coefficient (Wildman–Crippen LogP) is 7.32. The molecule has 3 aromatic rings. The molecule has 0 amide bonds. The number of piperidine rings is 1. The maximum Gasteiger partial charge on any atom is 0.243 e. The zero-order valence-corrected chi connectivity index (χ0v) is 19.1. The van der Waals surface area contributed by atoms with Crippen molar-refractivity contribution in [1.29, 1.82) is 0 Å². The molecule has 3 heterocycles. The summed E-state index contributed by atoms with van der Waals surface area (Å²) < 4.78 is 12.1. The molecule has 31 heavy (non-hydrogen) atoms. The van der Waals surface area contributed by atoms with Crippen molar-refractivity contribution in [2.75, 3.05) is 18.0 Å². The van der Waals surface area contributed by atoms with Gasteiger partial charge in [-0.15, -0.1) is 0 Å². The number of hydrogen-bond acceptors (Lipinski definition) is 5. The molecule has 5 nitrogen and oxygen atoms in total. The summed E-state index contributed by atoms with van der Waals surface area (Å²) in [7, 11) is 0. The Morgan fingerprint density at radius 2 is 1.94 bits per heavy atom. The van der Waals surface area contributed by atoms with Crippen molar-refractivity contribution in [2.45, 2.75) is 44.3 Å². The van der Waals surface area contributed by atoms with Crippen LogP contribution in [0.4, 0.5) is 10.7 Å². The quantitative estimate of drug-likeness (QED) is 0.351. The van der Waals surface area contributed by atoms with Gasteiger partial charge in [0.1, 0.15) is 11.5 Å². The molecule has 2 fully saturated rings. The first-order chi connectivity index (χ1) is 15.1. The number of halogens is 2. The van der Waals surface area contributed by atoms with Crippen LogP contribution in [0.3, 0.4) is 0 Å². The molecule has 0 spiro atoms. The molecule has 1 aromatic carbocycles. The lowest BCUT2D eigenvalue weighted by Gasteiger charge is -2.33. The van der Waals surface area contributed by atoms with Gasteiger partial charge in [0.2, 0.25) is 5.00 Å². The summed E-state index contributed by atoms with van der Waals surface area (Å²) >= 11 is 14.4. The van der Waals surface area contributed by atoms with Crippen LogP contribution in [0.2, 0.25) is 10.0 Å². The number of nitrogens with zero attached hydrogens (tertiary/aromatic N) is 3. The van der Waals surface area contributed by atoms with Crippen molar-refractivity contribution in [2.24, 2.45) is 0 Å². The molecule has 0 bridgehead atoms. The minimum absolute atomic E-state index is 0.173. The largest absolute Gasteiger partial charge is 0.373 e. The number of aromatic nitrogens is 1. The molecule has 5 rings (SSSR count). The molecule has 0 unspecified atom stereocenters. The SMILES string of the molecule is [C-]#[N+]c1cc(N2CCC(OCc3c(-c4c(Cl)cccc4Cl)noc3C3CC3)CC2)cs1. The van der Waals surface area contributed by atoms with E-state index in [1.807, 2.05) is 24.3 Å². The fourth-order valence-corrected chi connectivity index (χ4v) is 5.35. The zero-order chi connectivity index (χ0) is 21.4. The fourth-order valence-electron chi connectivity index (χ4n) is 4.07. The van der Waals surface area contributed by atoms with Crippen LogP contribution in [0, 0.1) is 6.57 Å². The number of anilines is 1. The summed E-state index contributed by atoms with van der Waals surface area (Å²) in [6.45, 7) is 9.43. The molecule has 160 valence electrons. The van der Waals surface area contributed by atoms with Crippen LogP contribution < -0.4 is 4.90 Å². The van der Waals surface area contributed by atoms with Crippen molar-refractivity contribution in [3.63, 3.8) is 0 Å². The third-order valence-electron chi connectivity index (χ3n) is 5.92. The van der Waals surface area contributed by atoms with Gasteiger partial charge in [-0.3, -0.25) is 0 Å². The van der Waals surface area contributed by atoms with Gasteiger partial charge in [-0.25, -0.2) is 4.85 Å². The summed E-state index contributed by atoms with van der Waals surface area (Å²) in [4.78, 5) is 5.84. The number of benzene rings is 1. The maximum absolute atomic E-state index is 7.15. The van der Waals surface area contributed by atoms with Gasteiger partial charge in [0.05, 0.1) is 29.3 Å². The molecular weight excluding hydrogens is 453 g/mol. The Labute approximate surface area is 195 Å². The van der Waals surface area contributed by atoms with Gasteiger partial charge >= 0.3 is 0 Å². The van der Waals surface area contributed by atoms with Crippen LogP contribution in [0.15, 0.2) is 34.2 Å². The molecule has 0 radical (unpaired) electrons. The normalized spacial score (nSPS) is 17.1. The molecule has 1 aliphatic heterocycles. The molecular formula is C23H21Cl2N3O2S. The first-order valence-corrected chi connectivity index (χ1v) is 12.0. The third-order valence-corrected chi connectivity index (χ3v) is 7.36. The van der Waals surface area contributed by atoms with Crippen molar-refractivity contribution >= 4 is 45.2 Å². The van der Waals surface area contributed by atoms with E-state index in [-0.39, 0.29) is 6.10 Å². The Morgan fingerprint density at radius 1 is 1.19 bits per heavy atom. The number of rotatable bonds is 6. The molecule has 1 saturated carbocycles. The highest BCUT2D eigenvalue weighted by Crippen LogP contribution is 2.46. The fraction of sp³-hybridized carbons (Fsp3) is 0.391. The van der Waals surface area contributed by atoms with E-state index in [2.05, 4.69) is 20.3 Å². The van der Waals surface area contributed by atoms with Crippen molar-refractivity contribution in [1.82, 2.24) is 5.16 Å². The first kappa shape index (κ1) is 20.8. The van der Waals surface area contributed by atoms with Crippen molar-refractivity contribution in [3.05, 3.63) is 62.4 Å². The minimum atomic E-state index is 0.173. The van der Waals surface area contributed by atoms with Crippen molar-refractivity contribution in [3.8, 4) is 11.3 Å². The van der Waals surface area contributed by atoms with E-state index in [4.69, 9.17) is 39.0 Å². The molecule has 2 aromatic heterocycles. The van der Waals surface area contributed by atoms with E-state index in [1.54, 1.807) is 0 Å². The smallest absolute Gasteiger partial charge is 0.243 e. The molecule has 1 saturated heterocycles. The van der Waals surface area contributed by atoms with Gasteiger partial charge in [0.25, 0.3) is 0 Å². The van der Waals surface area contributed by atoms with Gasteiger partial charge < -0.3 is 14.2 Å². The van der Waals surface area contributed by atoms with Crippen LogP contribution in [0.5, 0.6) is 0 Å². The highest BCUT2D eigenvalue weighted by atomic mass is 35.5. The Bertz CT molecular complexity index is 1100. The first-order valence-electron chi connectivity index (χ1n) is 10.4. The van der Waals surface area contributed by atoms with Crippen LogP contribution in [-0.4, -0.2) is 24.4 Å². The monoisotopic (exact) mass is 473 g/mol. The molecule has 0 atom stereocenters. The van der Waals surface area contributed by atoms with Crippen molar-refractivity contribution < 1.29 is 9.26 Å². The topological polar surface area (TPSA) is 42.9 Å². The number of ether oxygens (including phenoxy) is 1. The van der Waals surface area contributed by atoms with Crippen LogP contribution in [0.1, 0.15) is 42.9 Å². The second kappa shape index (κ2) is 8.84. The highest BCUT2D eigenvalue weighted by Gasteiger charge is 2.34. The van der Waals surface area contributed by atoms with Gasteiger partial charge in [-0.1, -0.05) is 34.4 Å². The summed E-state index contributed by atoms with van der Waals surface area (Å²) in [5.74, 6) is 1.33. The predicted molar refractivity (Wildman–Crippen MR) is 125 cm³/mol. The minimum Gasteiger partial charge on any atom is -0.373 e. The van der Waals surface area contributed by atoms with Gasteiger partial charge in [0, 0.05) is 41.2 Å². The van der Waals surface area contributed by atoms with E-state index in [9.17, 15) is 0 Å². The van der Waals surface area contributed by atoms with Crippen LogP contribution in [-0.2, 0) is 11.3 Å². The zero-order valence-electron chi connectivity index (χ0n) is 16.8. The molecule has 0 N–H and O–H groups in total. The Kier molecular flexibility index (Phi) is 5.94.